The second-order valence-electron chi connectivity index (χ2n) is 22.4. The normalized spacial score (nSPS) is 16.7. The molecule has 0 N–H and O–H groups in total. The van der Waals surface area contributed by atoms with Crippen molar-refractivity contribution >= 4 is 66.9 Å². The third kappa shape index (κ3) is 5.70. The van der Waals surface area contributed by atoms with Crippen molar-refractivity contribution in [1.29, 1.82) is 0 Å². The van der Waals surface area contributed by atoms with E-state index in [1.807, 2.05) is 11.3 Å². The molecule has 0 saturated heterocycles. The molecule has 1 aliphatic carbocycles. The highest BCUT2D eigenvalue weighted by Gasteiger charge is 2.54. The summed E-state index contributed by atoms with van der Waals surface area (Å²) in [6, 6.07) is 67.8. The molecule has 4 aliphatic rings. The third-order valence-electron chi connectivity index (χ3n) is 16.3. The molecule has 4 heteroatoms. The Balaban J connectivity index is 1.19. The number of anilines is 5. The molecule has 8 aromatic carbocycles. The van der Waals surface area contributed by atoms with Gasteiger partial charge >= 0.3 is 6.85 Å². The van der Waals surface area contributed by atoms with E-state index < -0.39 is 5.41 Å². The molecular weight excluding hydrogens is 840 g/mol. The second-order valence-corrected chi connectivity index (χ2v) is 23.5. The van der Waals surface area contributed by atoms with Gasteiger partial charge in [-0.25, -0.2) is 0 Å². The Labute approximate surface area is 407 Å². The Kier molecular flexibility index (Phi) is 8.83. The molecule has 4 heterocycles. The average Bonchev–Trinajstić information content (AvgIpc) is 3.72. The van der Waals surface area contributed by atoms with Gasteiger partial charge < -0.3 is 9.71 Å². The molecule has 13 rings (SSSR count). The van der Waals surface area contributed by atoms with E-state index in [1.54, 1.807) is 0 Å². The second kappa shape index (κ2) is 14.5. The highest BCUT2D eigenvalue weighted by Crippen LogP contribution is 2.61. The maximum Gasteiger partial charge on any atom is 0.343 e. The fourth-order valence-electron chi connectivity index (χ4n) is 12.9. The number of aryl methyl sites for hydroxylation is 1. The van der Waals surface area contributed by atoms with E-state index in [0.29, 0.717) is 0 Å². The number of hydrogen-bond donors (Lipinski definition) is 0. The van der Waals surface area contributed by atoms with Crippen LogP contribution in [0.25, 0.3) is 32.3 Å². The van der Waals surface area contributed by atoms with Crippen molar-refractivity contribution < 1.29 is 0 Å². The number of thiophene rings is 1. The summed E-state index contributed by atoms with van der Waals surface area (Å²) in [5.74, 6) is 0. The molecule has 0 radical (unpaired) electrons. The molecule has 0 fully saturated rings. The van der Waals surface area contributed by atoms with Crippen LogP contribution in [0.2, 0.25) is 0 Å². The van der Waals surface area contributed by atoms with Crippen molar-refractivity contribution in [1.82, 2.24) is 0 Å². The van der Waals surface area contributed by atoms with Crippen LogP contribution < -0.4 is 20.0 Å². The van der Waals surface area contributed by atoms with Crippen molar-refractivity contribution in [3.63, 3.8) is 0 Å². The Morgan fingerprint density at radius 1 is 0.515 bits per heavy atom. The van der Waals surface area contributed by atoms with E-state index in [1.165, 1.54) is 128 Å². The third-order valence-corrected chi connectivity index (χ3v) is 17.5. The Hall–Kier alpha value is -6.62. The van der Waals surface area contributed by atoms with Crippen LogP contribution in [0.3, 0.4) is 0 Å². The maximum absolute atomic E-state index is 2.78. The smallest absolute Gasteiger partial charge is 0.343 e. The first-order valence-corrected chi connectivity index (χ1v) is 25.5. The molecule has 2 nitrogen and oxygen atoms in total. The van der Waals surface area contributed by atoms with Gasteiger partial charge in [0.25, 0.3) is 0 Å². The molecule has 0 amide bonds. The SMILES string of the molecule is Cc1cc2c3c(c1)N(c1ccc(C(C)(C)C)cc1-c1ccccc1)c1c(sc4cc5c(cc14)C(C)(C)CCC5(C)C)B3N1c3ccccc3C(c3ccccc3)(c3ccccc3)c3cccc-2c31. The first kappa shape index (κ1) is 41.6. The molecule has 0 unspecified atom stereocenters. The zero-order chi connectivity index (χ0) is 46.5. The van der Waals surface area contributed by atoms with Crippen molar-refractivity contribution in [2.75, 3.05) is 9.71 Å². The van der Waals surface area contributed by atoms with E-state index in [2.05, 4.69) is 241 Å². The van der Waals surface area contributed by atoms with Gasteiger partial charge in [0.2, 0.25) is 0 Å². The number of hydrogen-bond acceptors (Lipinski definition) is 3. The van der Waals surface area contributed by atoms with Gasteiger partial charge in [0, 0.05) is 43.1 Å². The molecule has 0 bridgehead atoms. The Bertz CT molecular complexity index is 3480. The lowest BCUT2D eigenvalue weighted by molar-refractivity contribution is 0.332. The lowest BCUT2D eigenvalue weighted by Gasteiger charge is -2.52. The summed E-state index contributed by atoms with van der Waals surface area (Å²) >= 11 is 2.03. The van der Waals surface area contributed by atoms with Crippen LogP contribution in [0.4, 0.5) is 28.4 Å². The van der Waals surface area contributed by atoms with E-state index >= 15 is 0 Å². The number of rotatable bonds is 4. The van der Waals surface area contributed by atoms with Gasteiger partial charge in [0.1, 0.15) is 0 Å². The van der Waals surface area contributed by atoms with Crippen molar-refractivity contribution in [3.8, 4) is 22.3 Å². The predicted molar refractivity (Wildman–Crippen MR) is 292 cm³/mol. The number of para-hydroxylation sites is 2. The van der Waals surface area contributed by atoms with Crippen LogP contribution >= 0.6 is 11.3 Å². The topological polar surface area (TPSA) is 6.48 Å². The molecule has 9 aromatic rings. The molecule has 332 valence electrons. The molecule has 3 aliphatic heterocycles. The largest absolute Gasteiger partial charge is 0.375 e. The minimum absolute atomic E-state index is 0.0208. The van der Waals surface area contributed by atoms with Crippen molar-refractivity contribution in [2.45, 2.75) is 89.9 Å². The molecule has 0 saturated carbocycles. The molecule has 0 spiro atoms. The first-order valence-electron chi connectivity index (χ1n) is 24.7. The lowest BCUT2D eigenvalue weighted by Crippen LogP contribution is -2.62. The van der Waals surface area contributed by atoms with Gasteiger partial charge in [-0.2, -0.15) is 0 Å². The minimum Gasteiger partial charge on any atom is -0.375 e. The minimum atomic E-state index is -0.551. The van der Waals surface area contributed by atoms with Gasteiger partial charge in [-0.15, -0.1) is 11.3 Å². The summed E-state index contributed by atoms with van der Waals surface area (Å²) < 4.78 is 2.77. The van der Waals surface area contributed by atoms with Gasteiger partial charge in [-0.1, -0.05) is 188 Å². The zero-order valence-corrected chi connectivity index (χ0v) is 41.4. The van der Waals surface area contributed by atoms with E-state index in [9.17, 15) is 0 Å². The predicted octanol–water partition coefficient (Wildman–Crippen LogP) is 15.9. The monoisotopic (exact) mass is 896 g/mol. The van der Waals surface area contributed by atoms with E-state index in [4.69, 9.17) is 0 Å². The van der Waals surface area contributed by atoms with Crippen LogP contribution in [0, 0.1) is 6.92 Å². The average molecular weight is 897 g/mol. The number of nitrogens with zero attached hydrogens (tertiary/aromatic N) is 2. The fourth-order valence-corrected chi connectivity index (χ4v) is 14.2. The Morgan fingerprint density at radius 3 is 1.81 bits per heavy atom. The maximum atomic E-state index is 2.78. The van der Waals surface area contributed by atoms with Crippen LogP contribution in [0.1, 0.15) is 106 Å². The fraction of sp³-hybridized carbons (Fsp3) is 0.219. The number of fused-ring (bicyclic) bond motifs is 9. The van der Waals surface area contributed by atoms with Crippen LogP contribution in [-0.4, -0.2) is 6.85 Å². The highest BCUT2D eigenvalue weighted by atomic mass is 32.1. The summed E-state index contributed by atoms with van der Waals surface area (Å²) in [4.78, 5) is 5.49. The molecular formula is C64H57BN2S. The van der Waals surface area contributed by atoms with Crippen LogP contribution in [0.5, 0.6) is 0 Å². The molecule has 68 heavy (non-hydrogen) atoms. The summed E-state index contributed by atoms with van der Waals surface area (Å²) in [6.45, 7) is 19.1. The van der Waals surface area contributed by atoms with E-state index in [-0.39, 0.29) is 23.1 Å². The summed E-state index contributed by atoms with van der Waals surface area (Å²) in [5, 5.41) is 1.36. The van der Waals surface area contributed by atoms with Gasteiger partial charge in [-0.3, -0.25) is 0 Å². The Morgan fingerprint density at radius 2 is 1.13 bits per heavy atom. The van der Waals surface area contributed by atoms with Gasteiger partial charge in [0.05, 0.1) is 16.8 Å². The summed E-state index contributed by atoms with van der Waals surface area (Å²) in [5.41, 5.74) is 23.3. The zero-order valence-electron chi connectivity index (χ0n) is 40.5. The molecule has 1 aromatic heterocycles. The first-order chi connectivity index (χ1) is 32.8. The van der Waals surface area contributed by atoms with E-state index in [0.717, 1.165) is 0 Å². The molecule has 0 atom stereocenters. The van der Waals surface area contributed by atoms with Gasteiger partial charge in [-0.05, 0) is 134 Å². The lowest BCUT2D eigenvalue weighted by atomic mass is 9.45. The standard InChI is InChI=1S/C64H57BN2S/c1-40-35-47-45-27-20-29-50-58(45)67(54-30-19-18-28-49(54)64(50,42-23-14-10-15-24-42)43-25-16-11-17-26-43)65-57(47)55(36-40)66(53-32-31-44(61(2,3)4)37-46(53)41-21-12-9-13-22-41)59-48-38-51-52(39-56(48)68-60(59)65)63(7,8)34-33-62(51,5)6/h9-32,35-39H,33-34H2,1-8H3. The van der Waals surface area contributed by atoms with Gasteiger partial charge in [0.15, 0.2) is 0 Å². The van der Waals surface area contributed by atoms with Crippen molar-refractivity contribution in [2.24, 2.45) is 0 Å². The number of benzene rings is 8. The summed E-state index contributed by atoms with van der Waals surface area (Å²) in [7, 11) is 0. The van der Waals surface area contributed by atoms with Crippen molar-refractivity contribution in [3.05, 3.63) is 220 Å². The van der Waals surface area contributed by atoms with Crippen LogP contribution in [-0.2, 0) is 21.7 Å². The quantitative estimate of drug-likeness (QED) is 0.162. The van der Waals surface area contributed by atoms with Crippen LogP contribution in [0.15, 0.2) is 176 Å². The summed E-state index contributed by atoms with van der Waals surface area (Å²) in [6.07, 6.45) is 2.35. The highest BCUT2D eigenvalue weighted by molar-refractivity contribution is 7.32.